The van der Waals surface area contributed by atoms with Gasteiger partial charge in [-0.2, -0.15) is 0 Å². The van der Waals surface area contributed by atoms with Gasteiger partial charge in [0.15, 0.2) is 0 Å². The van der Waals surface area contributed by atoms with Crippen LogP contribution in [-0.2, 0) is 13.0 Å². The van der Waals surface area contributed by atoms with Crippen LogP contribution in [0.2, 0.25) is 5.02 Å². The average molecular weight is 335 g/mol. The Morgan fingerprint density at radius 2 is 2.13 bits per heavy atom. The fourth-order valence-corrected chi connectivity index (χ4v) is 2.28. The molecule has 2 N–H and O–H groups in total. The van der Waals surface area contributed by atoms with Gasteiger partial charge in [-0.3, -0.25) is 0 Å². The number of carbonyl (C=O) groups excluding carboxylic acids is 1. The van der Waals surface area contributed by atoms with E-state index in [-0.39, 0.29) is 6.03 Å². The maximum atomic E-state index is 11.8. The summed E-state index contributed by atoms with van der Waals surface area (Å²) in [6.07, 6.45) is 2.30. The van der Waals surface area contributed by atoms with Crippen LogP contribution in [-0.4, -0.2) is 29.7 Å². The van der Waals surface area contributed by atoms with Crippen LogP contribution in [0.1, 0.15) is 17.1 Å². The Morgan fingerprint density at radius 3 is 2.87 bits per heavy atom. The van der Waals surface area contributed by atoms with Gasteiger partial charge in [0.2, 0.25) is 0 Å². The molecule has 0 radical (unpaired) electrons. The second kappa shape index (κ2) is 8.33. The molecule has 1 aromatic carbocycles. The molecule has 23 heavy (non-hydrogen) atoms. The number of halogens is 1. The van der Waals surface area contributed by atoms with Crippen molar-refractivity contribution in [2.45, 2.75) is 19.9 Å². The number of urea groups is 1. The summed E-state index contributed by atoms with van der Waals surface area (Å²) >= 11 is 5.98. The summed E-state index contributed by atoms with van der Waals surface area (Å²) in [5.41, 5.74) is 1.72. The number of rotatable bonds is 6. The first-order valence-corrected chi connectivity index (χ1v) is 7.59. The summed E-state index contributed by atoms with van der Waals surface area (Å²) in [5, 5.41) is 6.19. The molecule has 0 fully saturated rings. The van der Waals surface area contributed by atoms with Gasteiger partial charge in [0.1, 0.15) is 11.6 Å². The zero-order valence-corrected chi connectivity index (χ0v) is 13.9. The second-order valence-corrected chi connectivity index (χ2v) is 5.35. The highest BCUT2D eigenvalue weighted by molar-refractivity contribution is 6.30. The molecule has 0 aliphatic carbocycles. The minimum Gasteiger partial charge on any atom is -0.496 e. The fourth-order valence-electron chi connectivity index (χ4n) is 2.09. The molecule has 0 atom stereocenters. The lowest BCUT2D eigenvalue weighted by Gasteiger charge is -2.10. The lowest BCUT2D eigenvalue weighted by molar-refractivity contribution is 0.240. The third-order valence-corrected chi connectivity index (χ3v) is 3.42. The number of nitrogens with zero attached hydrogens (tertiary/aromatic N) is 2. The molecule has 7 heteroatoms. The summed E-state index contributed by atoms with van der Waals surface area (Å²) in [5.74, 6) is 1.44. The summed E-state index contributed by atoms with van der Waals surface area (Å²) in [4.78, 5) is 20.0. The van der Waals surface area contributed by atoms with E-state index in [1.807, 2.05) is 19.1 Å². The van der Waals surface area contributed by atoms with E-state index < -0.39 is 0 Å². The maximum absolute atomic E-state index is 11.8. The van der Waals surface area contributed by atoms with Crippen molar-refractivity contribution >= 4 is 17.6 Å². The molecule has 0 saturated carbocycles. The quantitative estimate of drug-likeness (QED) is 0.851. The Morgan fingerprint density at radius 1 is 1.30 bits per heavy atom. The predicted octanol–water partition coefficient (Wildman–Crippen LogP) is 2.49. The van der Waals surface area contributed by atoms with Gasteiger partial charge in [-0.25, -0.2) is 14.8 Å². The van der Waals surface area contributed by atoms with E-state index in [1.54, 1.807) is 25.4 Å². The molecule has 0 unspecified atom stereocenters. The van der Waals surface area contributed by atoms with Crippen LogP contribution in [0.15, 0.2) is 30.5 Å². The molecule has 1 heterocycles. The van der Waals surface area contributed by atoms with Gasteiger partial charge in [-0.1, -0.05) is 11.6 Å². The van der Waals surface area contributed by atoms with Gasteiger partial charge in [0.25, 0.3) is 0 Å². The van der Waals surface area contributed by atoms with E-state index >= 15 is 0 Å². The molecule has 0 spiro atoms. The number of amides is 2. The van der Waals surface area contributed by atoms with Crippen molar-refractivity contribution in [1.29, 1.82) is 0 Å². The van der Waals surface area contributed by atoms with Gasteiger partial charge in [0, 0.05) is 17.8 Å². The molecule has 0 saturated heterocycles. The molecule has 2 rings (SSSR count). The van der Waals surface area contributed by atoms with Crippen molar-refractivity contribution in [1.82, 2.24) is 20.6 Å². The number of hydrogen-bond donors (Lipinski definition) is 2. The van der Waals surface area contributed by atoms with Crippen LogP contribution in [0.5, 0.6) is 5.75 Å². The largest absolute Gasteiger partial charge is 0.496 e. The normalized spacial score (nSPS) is 10.2. The molecule has 2 aromatic rings. The van der Waals surface area contributed by atoms with Crippen molar-refractivity contribution in [2.75, 3.05) is 13.7 Å². The number of methoxy groups -OCH3 is 1. The number of ether oxygens (including phenoxy) is 1. The first-order valence-electron chi connectivity index (χ1n) is 7.21. The van der Waals surface area contributed by atoms with Gasteiger partial charge in [-0.15, -0.1) is 0 Å². The lowest BCUT2D eigenvalue weighted by atomic mass is 10.1. The first kappa shape index (κ1) is 17.0. The highest BCUT2D eigenvalue weighted by Crippen LogP contribution is 2.22. The van der Waals surface area contributed by atoms with Gasteiger partial charge < -0.3 is 15.4 Å². The Bertz CT molecular complexity index is 679. The Labute approximate surface area is 140 Å². The van der Waals surface area contributed by atoms with E-state index in [1.165, 1.54) is 0 Å². The van der Waals surface area contributed by atoms with Gasteiger partial charge in [-0.05, 0) is 43.2 Å². The number of carbonyl (C=O) groups is 1. The lowest BCUT2D eigenvalue weighted by Crippen LogP contribution is -2.36. The molecule has 1 aromatic heterocycles. The van der Waals surface area contributed by atoms with Gasteiger partial charge in [0.05, 0.1) is 19.3 Å². The van der Waals surface area contributed by atoms with Crippen molar-refractivity contribution < 1.29 is 9.53 Å². The fraction of sp³-hybridized carbons (Fsp3) is 0.312. The zero-order chi connectivity index (χ0) is 16.7. The van der Waals surface area contributed by atoms with Crippen LogP contribution in [0, 0.1) is 6.92 Å². The maximum Gasteiger partial charge on any atom is 0.315 e. The molecule has 2 amide bonds. The standard InChI is InChI=1S/C16H19ClN4O2/c1-11-18-8-6-14(21-11)10-20-16(22)19-7-5-12-9-13(17)3-4-15(12)23-2/h3-4,6,8-9H,5,7,10H2,1-2H3,(H2,19,20,22). The molecule has 0 aliphatic rings. The number of aromatic nitrogens is 2. The van der Waals surface area contributed by atoms with Crippen LogP contribution >= 0.6 is 11.6 Å². The number of hydrogen-bond acceptors (Lipinski definition) is 4. The smallest absolute Gasteiger partial charge is 0.315 e. The Hall–Kier alpha value is -2.34. The third-order valence-electron chi connectivity index (χ3n) is 3.19. The summed E-state index contributed by atoms with van der Waals surface area (Å²) in [6, 6.07) is 6.94. The summed E-state index contributed by atoms with van der Waals surface area (Å²) in [7, 11) is 1.61. The molecular weight excluding hydrogens is 316 g/mol. The van der Waals surface area contributed by atoms with Crippen LogP contribution in [0.3, 0.4) is 0 Å². The first-order chi connectivity index (χ1) is 11.1. The van der Waals surface area contributed by atoms with Crippen LogP contribution in [0.25, 0.3) is 0 Å². The molecular formula is C16H19ClN4O2. The predicted molar refractivity (Wildman–Crippen MR) is 88.7 cm³/mol. The van der Waals surface area contributed by atoms with Crippen molar-refractivity contribution in [3.05, 3.63) is 52.6 Å². The average Bonchev–Trinajstić information content (AvgIpc) is 2.53. The van der Waals surface area contributed by atoms with Gasteiger partial charge >= 0.3 is 6.03 Å². The minimum atomic E-state index is -0.248. The molecule has 0 bridgehead atoms. The zero-order valence-electron chi connectivity index (χ0n) is 13.1. The monoisotopic (exact) mass is 334 g/mol. The van der Waals surface area contributed by atoms with Crippen molar-refractivity contribution in [2.24, 2.45) is 0 Å². The molecule has 122 valence electrons. The summed E-state index contributed by atoms with van der Waals surface area (Å²) in [6.45, 7) is 2.64. The number of nitrogens with one attached hydrogen (secondary N) is 2. The van der Waals surface area contributed by atoms with E-state index in [9.17, 15) is 4.79 Å². The Balaban J connectivity index is 1.78. The van der Waals surface area contributed by atoms with E-state index in [0.29, 0.717) is 30.4 Å². The number of aryl methyl sites for hydroxylation is 1. The summed E-state index contributed by atoms with van der Waals surface area (Å²) < 4.78 is 5.27. The second-order valence-electron chi connectivity index (χ2n) is 4.91. The molecule has 0 aliphatic heterocycles. The SMILES string of the molecule is COc1ccc(Cl)cc1CCNC(=O)NCc1ccnc(C)n1. The molecule has 6 nitrogen and oxygen atoms in total. The van der Waals surface area contributed by atoms with Crippen LogP contribution in [0.4, 0.5) is 4.79 Å². The van der Waals surface area contributed by atoms with Crippen molar-refractivity contribution in [3.63, 3.8) is 0 Å². The van der Waals surface area contributed by atoms with E-state index in [4.69, 9.17) is 16.3 Å². The van der Waals surface area contributed by atoms with Crippen molar-refractivity contribution in [3.8, 4) is 5.75 Å². The number of benzene rings is 1. The topological polar surface area (TPSA) is 76.1 Å². The van der Waals surface area contributed by atoms with E-state index in [2.05, 4.69) is 20.6 Å². The minimum absolute atomic E-state index is 0.248. The van der Waals surface area contributed by atoms with Crippen LogP contribution < -0.4 is 15.4 Å². The third kappa shape index (κ3) is 5.41. The Kier molecular flexibility index (Phi) is 6.17. The van der Waals surface area contributed by atoms with E-state index in [0.717, 1.165) is 17.0 Å². The highest BCUT2D eigenvalue weighted by atomic mass is 35.5. The highest BCUT2D eigenvalue weighted by Gasteiger charge is 2.06.